The number of anilines is 1. The molecule has 3 rings (SSSR count). The van der Waals surface area contributed by atoms with E-state index in [-0.39, 0.29) is 5.56 Å². The number of nitriles is 1. The van der Waals surface area contributed by atoms with Gasteiger partial charge in [0.2, 0.25) is 0 Å². The maximum absolute atomic E-state index is 12.9. The van der Waals surface area contributed by atoms with E-state index in [1.165, 1.54) is 12.1 Å². The Kier molecular flexibility index (Phi) is 4.97. The number of halogens is 3. The summed E-state index contributed by atoms with van der Waals surface area (Å²) < 4.78 is 44.0. The molecule has 4 nitrogen and oxygen atoms in total. The molecule has 0 amide bonds. The zero-order valence-corrected chi connectivity index (χ0v) is 13.4. The molecule has 0 radical (unpaired) electrons. The fourth-order valence-electron chi connectivity index (χ4n) is 3.35. The first-order chi connectivity index (χ1) is 11.5. The summed E-state index contributed by atoms with van der Waals surface area (Å²) >= 11 is 0. The zero-order chi connectivity index (χ0) is 17.2. The molecule has 0 aromatic heterocycles. The van der Waals surface area contributed by atoms with Gasteiger partial charge < -0.3 is 9.64 Å². The van der Waals surface area contributed by atoms with Crippen molar-refractivity contribution < 1.29 is 17.9 Å². The predicted molar refractivity (Wildman–Crippen MR) is 83.7 cm³/mol. The van der Waals surface area contributed by atoms with Crippen LogP contribution in [0.1, 0.15) is 17.5 Å². The van der Waals surface area contributed by atoms with E-state index < -0.39 is 11.7 Å². The summed E-state index contributed by atoms with van der Waals surface area (Å²) in [5.41, 5.74) is -0.498. The van der Waals surface area contributed by atoms with Gasteiger partial charge in [0, 0.05) is 45.0 Å². The van der Waals surface area contributed by atoms with Gasteiger partial charge in [-0.05, 0) is 30.5 Å². The largest absolute Gasteiger partial charge is 0.417 e. The first kappa shape index (κ1) is 17.1. The molecule has 2 fully saturated rings. The lowest BCUT2D eigenvalue weighted by Gasteiger charge is -2.37. The van der Waals surface area contributed by atoms with Crippen LogP contribution in [0.3, 0.4) is 0 Å². The second kappa shape index (κ2) is 6.99. The van der Waals surface area contributed by atoms with Crippen molar-refractivity contribution in [2.75, 3.05) is 50.8 Å². The summed E-state index contributed by atoms with van der Waals surface area (Å²) in [7, 11) is 0. The Bertz CT molecular complexity index is 612. The van der Waals surface area contributed by atoms with Crippen molar-refractivity contribution in [2.24, 2.45) is 5.92 Å². The van der Waals surface area contributed by atoms with E-state index in [1.807, 2.05) is 4.90 Å². The summed E-state index contributed by atoms with van der Waals surface area (Å²) in [6, 6.07) is 5.49. The average Bonchev–Trinajstić information content (AvgIpc) is 3.07. The van der Waals surface area contributed by atoms with Gasteiger partial charge in [0.05, 0.1) is 23.8 Å². The van der Waals surface area contributed by atoms with E-state index in [1.54, 1.807) is 6.07 Å². The summed E-state index contributed by atoms with van der Waals surface area (Å²) in [5, 5.41) is 9.02. The van der Waals surface area contributed by atoms with Crippen molar-refractivity contribution >= 4 is 5.69 Å². The summed E-state index contributed by atoms with van der Waals surface area (Å²) in [4.78, 5) is 4.42. The molecule has 2 saturated heterocycles. The number of ether oxygens (including phenoxy) is 1. The molecule has 1 aromatic carbocycles. The van der Waals surface area contributed by atoms with Crippen LogP contribution in [0.25, 0.3) is 0 Å². The monoisotopic (exact) mass is 339 g/mol. The van der Waals surface area contributed by atoms with Crippen molar-refractivity contribution in [1.82, 2.24) is 4.90 Å². The Morgan fingerprint density at radius 3 is 2.54 bits per heavy atom. The molecule has 1 aromatic rings. The van der Waals surface area contributed by atoms with Crippen molar-refractivity contribution in [3.63, 3.8) is 0 Å². The summed E-state index contributed by atoms with van der Waals surface area (Å²) in [6.07, 6.45) is -3.39. The summed E-state index contributed by atoms with van der Waals surface area (Å²) in [6.45, 7) is 5.94. The van der Waals surface area contributed by atoms with E-state index in [9.17, 15) is 13.2 Å². The van der Waals surface area contributed by atoms with Crippen LogP contribution in [-0.4, -0.2) is 50.8 Å². The SMILES string of the molecule is N#Cc1cc(N2CCN(C[C@H]3CCOC3)CC2)ccc1C(F)(F)F. The van der Waals surface area contributed by atoms with Gasteiger partial charge in [-0.2, -0.15) is 18.4 Å². The van der Waals surface area contributed by atoms with E-state index in [2.05, 4.69) is 4.90 Å². The molecule has 7 heteroatoms. The van der Waals surface area contributed by atoms with Crippen molar-refractivity contribution in [2.45, 2.75) is 12.6 Å². The maximum atomic E-state index is 12.9. The number of piperazine rings is 1. The fraction of sp³-hybridized carbons (Fsp3) is 0.588. The Hall–Kier alpha value is -1.78. The molecule has 24 heavy (non-hydrogen) atoms. The van der Waals surface area contributed by atoms with Crippen molar-refractivity contribution in [3.8, 4) is 6.07 Å². The minimum absolute atomic E-state index is 0.314. The second-order valence-corrected chi connectivity index (χ2v) is 6.36. The smallest absolute Gasteiger partial charge is 0.381 e. The molecule has 0 unspecified atom stereocenters. The predicted octanol–water partition coefficient (Wildman–Crippen LogP) is 2.74. The molecule has 0 saturated carbocycles. The van der Waals surface area contributed by atoms with Crippen LogP contribution in [0.15, 0.2) is 18.2 Å². The highest BCUT2D eigenvalue weighted by Gasteiger charge is 2.34. The molecule has 0 bridgehead atoms. The molecular weight excluding hydrogens is 319 g/mol. The molecule has 2 aliphatic heterocycles. The molecule has 2 heterocycles. The van der Waals surface area contributed by atoms with Gasteiger partial charge in [-0.3, -0.25) is 4.90 Å². The number of hydrogen-bond donors (Lipinski definition) is 0. The number of hydrogen-bond acceptors (Lipinski definition) is 4. The third-order valence-corrected chi connectivity index (χ3v) is 4.71. The standard InChI is InChI=1S/C17H20F3N3O/c18-17(19,20)16-2-1-15(9-14(16)10-21)23-6-4-22(5-7-23)11-13-3-8-24-12-13/h1-2,9,13H,3-8,11-12H2/t13-/m1/s1. The molecule has 1 atom stereocenters. The Labute approximate surface area is 139 Å². The van der Waals surface area contributed by atoms with Crippen LogP contribution in [0, 0.1) is 17.2 Å². The zero-order valence-electron chi connectivity index (χ0n) is 13.4. The van der Waals surface area contributed by atoms with Gasteiger partial charge in [0.1, 0.15) is 0 Å². The van der Waals surface area contributed by atoms with Crippen molar-refractivity contribution in [1.29, 1.82) is 5.26 Å². The van der Waals surface area contributed by atoms with Gasteiger partial charge in [-0.25, -0.2) is 0 Å². The van der Waals surface area contributed by atoms with E-state index >= 15 is 0 Å². The topological polar surface area (TPSA) is 39.5 Å². The minimum atomic E-state index is -4.49. The van der Waals surface area contributed by atoms with E-state index in [4.69, 9.17) is 10.00 Å². The van der Waals surface area contributed by atoms with Gasteiger partial charge in [-0.1, -0.05) is 0 Å². The lowest BCUT2D eigenvalue weighted by atomic mass is 10.1. The molecule has 2 aliphatic rings. The van der Waals surface area contributed by atoms with Gasteiger partial charge in [0.15, 0.2) is 0 Å². The fourth-order valence-corrected chi connectivity index (χ4v) is 3.35. The van der Waals surface area contributed by atoms with Gasteiger partial charge >= 0.3 is 6.18 Å². The lowest BCUT2D eigenvalue weighted by Crippen LogP contribution is -2.48. The molecule has 0 N–H and O–H groups in total. The first-order valence-electron chi connectivity index (χ1n) is 8.14. The molecule has 130 valence electrons. The first-order valence-corrected chi connectivity index (χ1v) is 8.14. The normalized spacial score (nSPS) is 22.6. The Balaban J connectivity index is 1.63. The second-order valence-electron chi connectivity index (χ2n) is 6.36. The molecular formula is C17H20F3N3O. The number of nitrogens with zero attached hydrogens (tertiary/aromatic N) is 3. The summed E-state index contributed by atoms with van der Waals surface area (Å²) in [5.74, 6) is 0.591. The van der Waals surface area contributed by atoms with E-state index in [0.717, 1.165) is 58.4 Å². The third-order valence-electron chi connectivity index (χ3n) is 4.71. The lowest BCUT2D eigenvalue weighted by molar-refractivity contribution is -0.137. The highest BCUT2D eigenvalue weighted by atomic mass is 19.4. The van der Waals surface area contributed by atoms with Crippen LogP contribution in [0.2, 0.25) is 0 Å². The minimum Gasteiger partial charge on any atom is -0.381 e. The third kappa shape index (κ3) is 3.82. The average molecular weight is 339 g/mol. The van der Waals surface area contributed by atoms with Gasteiger partial charge in [-0.15, -0.1) is 0 Å². The molecule has 0 aliphatic carbocycles. The van der Waals surface area contributed by atoms with Crippen LogP contribution < -0.4 is 4.90 Å². The number of benzene rings is 1. The van der Waals surface area contributed by atoms with Crippen LogP contribution >= 0.6 is 0 Å². The quantitative estimate of drug-likeness (QED) is 0.849. The van der Waals surface area contributed by atoms with Crippen LogP contribution in [-0.2, 0) is 10.9 Å². The highest BCUT2D eigenvalue weighted by molar-refractivity contribution is 5.55. The number of alkyl halides is 3. The Morgan fingerprint density at radius 2 is 1.96 bits per heavy atom. The van der Waals surface area contributed by atoms with E-state index in [0.29, 0.717) is 11.6 Å². The maximum Gasteiger partial charge on any atom is 0.417 e. The van der Waals surface area contributed by atoms with Crippen LogP contribution in [0.4, 0.5) is 18.9 Å². The highest BCUT2D eigenvalue weighted by Crippen LogP contribution is 2.34. The number of rotatable bonds is 3. The van der Waals surface area contributed by atoms with Crippen molar-refractivity contribution in [3.05, 3.63) is 29.3 Å². The molecule has 0 spiro atoms. The van der Waals surface area contributed by atoms with Crippen LogP contribution in [0.5, 0.6) is 0 Å². The Morgan fingerprint density at radius 1 is 1.21 bits per heavy atom. The van der Waals surface area contributed by atoms with Gasteiger partial charge in [0.25, 0.3) is 0 Å².